The van der Waals surface area contributed by atoms with Gasteiger partial charge in [0.15, 0.2) is 11.5 Å². The summed E-state index contributed by atoms with van der Waals surface area (Å²) in [5, 5.41) is 19.1. The van der Waals surface area contributed by atoms with Gasteiger partial charge in [-0.3, -0.25) is 20.2 Å². The van der Waals surface area contributed by atoms with E-state index in [1.54, 1.807) is 20.9 Å². The number of hydrogen-bond donors (Lipinski definition) is 4. The number of nitro groups is 1. The lowest BCUT2D eigenvalue weighted by molar-refractivity contribution is -0.385. The van der Waals surface area contributed by atoms with E-state index in [1.807, 2.05) is 6.92 Å². The molecular formula is C20H29N5O7. The van der Waals surface area contributed by atoms with Crippen LogP contribution >= 0.6 is 0 Å². The van der Waals surface area contributed by atoms with Crippen LogP contribution in [0.3, 0.4) is 0 Å². The third-order valence-electron chi connectivity index (χ3n) is 4.59. The molecule has 0 bridgehead atoms. The van der Waals surface area contributed by atoms with Crippen LogP contribution in [0.5, 0.6) is 11.5 Å². The van der Waals surface area contributed by atoms with Crippen LogP contribution in [0.25, 0.3) is 0 Å². The molecule has 0 aromatic heterocycles. The Hall–Kier alpha value is -3.96. The Balaban J connectivity index is 3.02. The van der Waals surface area contributed by atoms with E-state index in [9.17, 15) is 19.7 Å². The third-order valence-corrected chi connectivity index (χ3v) is 4.59. The maximum atomic E-state index is 12.3. The number of carbonyl (C=O) groups excluding carboxylic acids is 2. The molecule has 0 aliphatic carbocycles. The Morgan fingerprint density at radius 1 is 1.12 bits per heavy atom. The molecule has 0 aliphatic rings. The zero-order valence-electron chi connectivity index (χ0n) is 19.0. The van der Waals surface area contributed by atoms with E-state index in [0.717, 1.165) is 0 Å². The van der Waals surface area contributed by atoms with Gasteiger partial charge in [0.05, 0.1) is 30.8 Å². The summed E-state index contributed by atoms with van der Waals surface area (Å²) in [6.45, 7) is 4.75. The van der Waals surface area contributed by atoms with Crippen LogP contribution in [-0.4, -0.2) is 38.2 Å². The molecule has 12 heteroatoms. The monoisotopic (exact) mass is 451 g/mol. The number of allylic oxidation sites excluding steroid dienone is 2. The fourth-order valence-corrected chi connectivity index (χ4v) is 2.38. The first-order valence-corrected chi connectivity index (χ1v) is 9.57. The van der Waals surface area contributed by atoms with Gasteiger partial charge in [-0.25, -0.2) is 4.79 Å². The van der Waals surface area contributed by atoms with Gasteiger partial charge in [0, 0.05) is 12.7 Å². The Labute approximate surface area is 185 Å². The van der Waals surface area contributed by atoms with Gasteiger partial charge in [-0.2, -0.15) is 0 Å². The average Bonchev–Trinajstić information content (AvgIpc) is 2.79. The van der Waals surface area contributed by atoms with E-state index in [4.69, 9.17) is 19.9 Å². The first kappa shape index (κ1) is 26.1. The van der Waals surface area contributed by atoms with E-state index in [0.29, 0.717) is 17.7 Å². The second kappa shape index (κ2) is 12.0. The molecule has 0 heterocycles. The van der Waals surface area contributed by atoms with Crippen LogP contribution in [0.15, 0.2) is 34.9 Å². The number of carbonyl (C=O) groups is 2. The lowest BCUT2D eigenvalue weighted by Gasteiger charge is -2.16. The molecule has 5 N–H and O–H groups in total. The van der Waals surface area contributed by atoms with Crippen molar-refractivity contribution >= 4 is 17.7 Å². The second-order valence-electron chi connectivity index (χ2n) is 6.55. The summed E-state index contributed by atoms with van der Waals surface area (Å²) in [5.41, 5.74) is 6.63. The number of benzene rings is 1. The highest BCUT2D eigenvalue weighted by Gasteiger charge is 2.21. The predicted octanol–water partition coefficient (Wildman–Crippen LogP) is 2.01. The largest absolute Gasteiger partial charge is 0.493 e. The number of alkyl carbamates (subject to hydrolysis) is 1. The Morgan fingerprint density at radius 2 is 1.72 bits per heavy atom. The minimum Gasteiger partial charge on any atom is -0.493 e. The lowest BCUT2D eigenvalue weighted by Crippen LogP contribution is -2.39. The minimum atomic E-state index is -0.926. The van der Waals surface area contributed by atoms with Gasteiger partial charge in [0.2, 0.25) is 0 Å². The normalized spacial score (nSPS) is 12.1. The summed E-state index contributed by atoms with van der Waals surface area (Å²) in [6, 6.07) is 2.54. The van der Waals surface area contributed by atoms with E-state index in [-0.39, 0.29) is 34.3 Å². The molecule has 0 saturated carbocycles. The molecule has 32 heavy (non-hydrogen) atoms. The summed E-state index contributed by atoms with van der Waals surface area (Å²) in [4.78, 5) is 35.4. The number of nitrogens with one attached hydrogen (secondary N) is 3. The molecular weight excluding hydrogens is 422 g/mol. The van der Waals surface area contributed by atoms with Gasteiger partial charge in [-0.15, -0.1) is 0 Å². The minimum absolute atomic E-state index is 0.0509. The Bertz CT molecular complexity index is 941. The number of nitrogens with zero attached hydrogens (tertiary/aromatic N) is 1. The Morgan fingerprint density at radius 3 is 2.22 bits per heavy atom. The molecule has 0 aliphatic heterocycles. The van der Waals surface area contributed by atoms with Gasteiger partial charge in [0.25, 0.3) is 11.6 Å². The number of rotatable bonds is 10. The fourth-order valence-electron chi connectivity index (χ4n) is 2.38. The van der Waals surface area contributed by atoms with Crippen LogP contribution in [0.4, 0.5) is 10.5 Å². The van der Waals surface area contributed by atoms with Crippen molar-refractivity contribution in [3.05, 3.63) is 50.6 Å². The summed E-state index contributed by atoms with van der Waals surface area (Å²) in [7, 11) is 4.35. The van der Waals surface area contributed by atoms with Gasteiger partial charge < -0.3 is 30.6 Å². The molecule has 1 aromatic rings. The van der Waals surface area contributed by atoms with Gasteiger partial charge in [-0.1, -0.05) is 6.92 Å². The molecule has 0 spiro atoms. The summed E-state index contributed by atoms with van der Waals surface area (Å²) < 4.78 is 15.3. The molecule has 0 unspecified atom stereocenters. The zero-order valence-corrected chi connectivity index (χ0v) is 19.0. The van der Waals surface area contributed by atoms with Crippen LogP contribution in [0.2, 0.25) is 0 Å². The Kier molecular flexibility index (Phi) is 9.80. The molecule has 176 valence electrons. The molecule has 0 fully saturated rings. The maximum absolute atomic E-state index is 12.3. The van der Waals surface area contributed by atoms with Gasteiger partial charge in [0.1, 0.15) is 18.1 Å². The maximum Gasteiger partial charge on any atom is 0.413 e. The smallest absolute Gasteiger partial charge is 0.413 e. The third kappa shape index (κ3) is 6.79. The summed E-state index contributed by atoms with van der Waals surface area (Å²) >= 11 is 0. The van der Waals surface area contributed by atoms with Crippen LogP contribution in [0, 0.1) is 10.1 Å². The van der Waals surface area contributed by atoms with Crippen molar-refractivity contribution in [3.63, 3.8) is 0 Å². The van der Waals surface area contributed by atoms with Gasteiger partial charge in [-0.05, 0) is 31.9 Å². The molecule has 1 rings (SSSR count). The quantitative estimate of drug-likeness (QED) is 0.236. The highest BCUT2D eigenvalue weighted by molar-refractivity contribution is 5.94. The number of hydrogen-bond acceptors (Lipinski definition) is 9. The van der Waals surface area contributed by atoms with Crippen molar-refractivity contribution in [2.24, 2.45) is 5.73 Å². The predicted molar refractivity (Wildman–Crippen MR) is 117 cm³/mol. The van der Waals surface area contributed by atoms with E-state index >= 15 is 0 Å². The SMILES string of the molecule is CCC(C)=C(NC(=O)OCc1cc(OC)c(OC)cc1[N+](=O)[O-])NC(=O)/C(N)=C(\C)NC. The van der Waals surface area contributed by atoms with Crippen LogP contribution in [0.1, 0.15) is 32.8 Å². The topological polar surface area (TPSA) is 167 Å². The van der Waals surface area contributed by atoms with Crippen LogP contribution < -0.4 is 31.2 Å². The highest BCUT2D eigenvalue weighted by Crippen LogP contribution is 2.34. The van der Waals surface area contributed by atoms with E-state index < -0.39 is 23.5 Å². The highest BCUT2D eigenvalue weighted by atomic mass is 16.6. The molecule has 12 nitrogen and oxygen atoms in total. The summed E-state index contributed by atoms with van der Waals surface area (Å²) in [6.07, 6.45) is -0.406. The standard InChI is InChI=1S/C20H29N5O7/c1-7-11(2)18(23-19(26)17(21)12(3)22-4)24-20(27)32-10-13-8-15(30-5)16(31-6)9-14(13)25(28)29/h8-9,22H,7,10,21H2,1-6H3,(H,23,26)(H,24,27)/b17-12-,18-11?. The van der Waals surface area contributed by atoms with Crippen molar-refractivity contribution in [2.45, 2.75) is 33.8 Å². The zero-order chi connectivity index (χ0) is 24.4. The number of amides is 2. The molecule has 0 atom stereocenters. The van der Waals surface area contributed by atoms with Gasteiger partial charge >= 0.3 is 6.09 Å². The fraction of sp³-hybridized carbons (Fsp3) is 0.400. The van der Waals surface area contributed by atoms with Crippen molar-refractivity contribution in [1.29, 1.82) is 0 Å². The average molecular weight is 451 g/mol. The molecule has 1 aromatic carbocycles. The lowest BCUT2D eigenvalue weighted by atomic mass is 10.1. The first-order valence-electron chi connectivity index (χ1n) is 9.57. The molecule has 2 amide bonds. The molecule has 0 saturated heterocycles. The number of ether oxygens (including phenoxy) is 3. The molecule has 0 radical (unpaired) electrons. The number of methoxy groups -OCH3 is 2. The van der Waals surface area contributed by atoms with E-state index in [2.05, 4.69) is 16.0 Å². The van der Waals surface area contributed by atoms with Crippen LogP contribution in [-0.2, 0) is 16.1 Å². The summed E-state index contributed by atoms with van der Waals surface area (Å²) in [5.74, 6) is -0.0954. The second-order valence-corrected chi connectivity index (χ2v) is 6.55. The number of nitro benzene ring substituents is 1. The number of nitrogens with two attached hydrogens (primary N) is 1. The van der Waals surface area contributed by atoms with E-state index in [1.165, 1.54) is 26.4 Å². The van der Waals surface area contributed by atoms with Crippen molar-refractivity contribution in [3.8, 4) is 11.5 Å². The van der Waals surface area contributed by atoms with Crippen molar-refractivity contribution in [1.82, 2.24) is 16.0 Å². The van der Waals surface area contributed by atoms with Crippen molar-refractivity contribution < 1.29 is 28.7 Å². The van der Waals surface area contributed by atoms with Crippen molar-refractivity contribution in [2.75, 3.05) is 21.3 Å². The first-order chi connectivity index (χ1) is 15.1.